The van der Waals surface area contributed by atoms with Gasteiger partial charge in [0.15, 0.2) is 0 Å². The Kier molecular flexibility index (Phi) is 5.20. The molecule has 1 unspecified atom stereocenters. The van der Waals surface area contributed by atoms with E-state index in [1.165, 1.54) is 0 Å². The number of rotatable bonds is 6. The molecule has 110 valence electrons. The van der Waals surface area contributed by atoms with Gasteiger partial charge in [0.1, 0.15) is 11.8 Å². The molecular weight excluding hydrogens is 290 g/mol. The minimum Gasteiger partial charge on any atom is -0.508 e. The van der Waals surface area contributed by atoms with Crippen molar-refractivity contribution >= 4 is 17.6 Å². The maximum atomic E-state index is 11.3. The normalized spacial score (nSPS) is 12.0. The van der Waals surface area contributed by atoms with Crippen LogP contribution in [0.4, 0.5) is 0 Å². The molecule has 0 radical (unpaired) electrons. The van der Waals surface area contributed by atoms with Gasteiger partial charge in [-0.2, -0.15) is 0 Å². The van der Waals surface area contributed by atoms with Crippen LogP contribution >= 0.6 is 11.6 Å². The number of carbonyl (C=O) groups is 1. The molecule has 0 aliphatic carbocycles. The van der Waals surface area contributed by atoms with Crippen molar-refractivity contribution in [3.63, 3.8) is 0 Å². The number of hydrogen-bond donors (Lipinski definition) is 3. The van der Waals surface area contributed by atoms with E-state index in [1.807, 2.05) is 12.1 Å². The predicted molar refractivity (Wildman–Crippen MR) is 81.5 cm³/mol. The Balaban J connectivity index is 1.97. The number of halogens is 1. The number of carboxylic acid groups (broad SMARTS) is 1. The van der Waals surface area contributed by atoms with Crippen molar-refractivity contribution in [1.82, 2.24) is 5.32 Å². The zero-order chi connectivity index (χ0) is 15.2. The van der Waals surface area contributed by atoms with Gasteiger partial charge in [-0.25, -0.2) is 0 Å². The van der Waals surface area contributed by atoms with Crippen LogP contribution in [0.5, 0.6) is 5.75 Å². The van der Waals surface area contributed by atoms with Crippen LogP contribution in [-0.4, -0.2) is 22.2 Å². The minimum atomic E-state index is -0.906. The summed E-state index contributed by atoms with van der Waals surface area (Å²) in [6.45, 7) is 0.451. The van der Waals surface area contributed by atoms with E-state index in [0.29, 0.717) is 18.0 Å². The molecule has 21 heavy (non-hydrogen) atoms. The third-order valence-corrected chi connectivity index (χ3v) is 3.39. The highest BCUT2D eigenvalue weighted by Crippen LogP contribution is 2.12. The standard InChI is InChI=1S/C16H16ClNO3/c17-13-5-1-12(2-6-13)10-18-15(16(20)21)9-11-3-7-14(19)8-4-11/h1-8,15,18-19H,9-10H2,(H,20,21). The average molecular weight is 306 g/mol. The lowest BCUT2D eigenvalue weighted by Crippen LogP contribution is -2.38. The summed E-state index contributed by atoms with van der Waals surface area (Å²) in [5, 5.41) is 22.2. The largest absolute Gasteiger partial charge is 0.508 e. The highest BCUT2D eigenvalue weighted by molar-refractivity contribution is 6.30. The Morgan fingerprint density at radius 3 is 2.19 bits per heavy atom. The molecule has 0 aliphatic heterocycles. The average Bonchev–Trinajstić information content (AvgIpc) is 2.47. The number of nitrogens with one attached hydrogen (secondary N) is 1. The molecule has 2 aromatic rings. The number of carboxylic acids is 1. The lowest BCUT2D eigenvalue weighted by Gasteiger charge is -2.14. The van der Waals surface area contributed by atoms with Crippen molar-refractivity contribution in [1.29, 1.82) is 0 Å². The molecular formula is C16H16ClNO3. The molecule has 3 N–H and O–H groups in total. The van der Waals surface area contributed by atoms with E-state index in [2.05, 4.69) is 5.32 Å². The second-order valence-electron chi connectivity index (χ2n) is 4.77. The smallest absolute Gasteiger partial charge is 0.321 e. The lowest BCUT2D eigenvalue weighted by molar-refractivity contribution is -0.139. The van der Waals surface area contributed by atoms with Crippen molar-refractivity contribution in [3.05, 3.63) is 64.7 Å². The van der Waals surface area contributed by atoms with Crippen LogP contribution in [0.2, 0.25) is 5.02 Å². The van der Waals surface area contributed by atoms with E-state index >= 15 is 0 Å². The summed E-state index contributed by atoms with van der Waals surface area (Å²) in [5.74, 6) is -0.739. The molecule has 0 heterocycles. The summed E-state index contributed by atoms with van der Waals surface area (Å²) in [6, 6.07) is 13.1. The van der Waals surface area contributed by atoms with Gasteiger partial charge in [0, 0.05) is 11.6 Å². The van der Waals surface area contributed by atoms with Gasteiger partial charge in [-0.05, 0) is 41.8 Å². The molecule has 0 aliphatic rings. The van der Waals surface area contributed by atoms with E-state index in [0.717, 1.165) is 11.1 Å². The van der Waals surface area contributed by atoms with Crippen LogP contribution in [0.3, 0.4) is 0 Å². The molecule has 0 bridgehead atoms. The molecule has 0 saturated heterocycles. The zero-order valence-corrected chi connectivity index (χ0v) is 12.0. The number of phenolic OH excluding ortho intramolecular Hbond substituents is 1. The van der Waals surface area contributed by atoms with E-state index in [4.69, 9.17) is 11.6 Å². The summed E-state index contributed by atoms with van der Waals surface area (Å²) in [6.07, 6.45) is 0.350. The number of phenols is 1. The monoisotopic (exact) mass is 305 g/mol. The molecule has 4 nitrogen and oxygen atoms in total. The zero-order valence-electron chi connectivity index (χ0n) is 11.3. The SMILES string of the molecule is O=C(O)C(Cc1ccc(O)cc1)NCc1ccc(Cl)cc1. The van der Waals surface area contributed by atoms with E-state index in [-0.39, 0.29) is 5.75 Å². The van der Waals surface area contributed by atoms with E-state index < -0.39 is 12.0 Å². The van der Waals surface area contributed by atoms with Gasteiger partial charge in [0.05, 0.1) is 0 Å². The molecule has 2 aromatic carbocycles. The summed E-state index contributed by atoms with van der Waals surface area (Å²) in [4.78, 5) is 11.3. The van der Waals surface area contributed by atoms with Gasteiger partial charge in [-0.15, -0.1) is 0 Å². The highest BCUT2D eigenvalue weighted by atomic mass is 35.5. The summed E-state index contributed by atoms with van der Waals surface area (Å²) >= 11 is 5.81. The first-order valence-electron chi connectivity index (χ1n) is 6.53. The second-order valence-corrected chi connectivity index (χ2v) is 5.21. The van der Waals surface area contributed by atoms with Crippen LogP contribution < -0.4 is 5.32 Å². The van der Waals surface area contributed by atoms with Gasteiger partial charge in [0.2, 0.25) is 0 Å². The van der Waals surface area contributed by atoms with Crippen LogP contribution in [0.1, 0.15) is 11.1 Å². The molecule has 2 rings (SSSR count). The minimum absolute atomic E-state index is 0.166. The Labute approximate surface area is 128 Å². The molecule has 5 heteroatoms. The van der Waals surface area contributed by atoms with Crippen molar-refractivity contribution in [2.45, 2.75) is 19.0 Å². The molecule has 0 spiro atoms. The summed E-state index contributed by atoms with van der Waals surface area (Å²) in [5.41, 5.74) is 1.82. The fourth-order valence-electron chi connectivity index (χ4n) is 1.96. The van der Waals surface area contributed by atoms with Gasteiger partial charge < -0.3 is 15.5 Å². The molecule has 0 amide bonds. The van der Waals surface area contributed by atoms with Crippen LogP contribution in [0.25, 0.3) is 0 Å². The highest BCUT2D eigenvalue weighted by Gasteiger charge is 2.17. The van der Waals surface area contributed by atoms with Gasteiger partial charge in [-0.1, -0.05) is 35.9 Å². The first kappa shape index (κ1) is 15.4. The number of benzene rings is 2. The van der Waals surface area contributed by atoms with Gasteiger partial charge >= 0.3 is 5.97 Å². The molecule has 0 aromatic heterocycles. The lowest BCUT2D eigenvalue weighted by atomic mass is 10.1. The van der Waals surface area contributed by atoms with Crippen molar-refractivity contribution in [2.75, 3.05) is 0 Å². The first-order valence-corrected chi connectivity index (χ1v) is 6.91. The van der Waals surface area contributed by atoms with E-state index in [1.54, 1.807) is 36.4 Å². The quantitative estimate of drug-likeness (QED) is 0.767. The molecule has 0 saturated carbocycles. The summed E-state index contributed by atoms with van der Waals surface area (Å²) in [7, 11) is 0. The predicted octanol–water partition coefficient (Wildman–Crippen LogP) is 2.83. The third-order valence-electron chi connectivity index (χ3n) is 3.14. The fourth-order valence-corrected chi connectivity index (χ4v) is 2.08. The third kappa shape index (κ3) is 4.77. The van der Waals surface area contributed by atoms with Crippen molar-refractivity contribution in [3.8, 4) is 5.75 Å². The maximum absolute atomic E-state index is 11.3. The number of hydrogen-bond acceptors (Lipinski definition) is 3. The topological polar surface area (TPSA) is 69.6 Å². The Morgan fingerprint density at radius 1 is 1.05 bits per heavy atom. The molecule has 1 atom stereocenters. The van der Waals surface area contributed by atoms with Crippen LogP contribution in [-0.2, 0) is 17.8 Å². The molecule has 0 fully saturated rings. The number of aliphatic carboxylic acids is 1. The fraction of sp³-hybridized carbons (Fsp3) is 0.188. The Bertz CT molecular complexity index is 596. The van der Waals surface area contributed by atoms with E-state index in [9.17, 15) is 15.0 Å². The Hall–Kier alpha value is -2.04. The number of aromatic hydroxyl groups is 1. The van der Waals surface area contributed by atoms with Crippen molar-refractivity contribution < 1.29 is 15.0 Å². The summed E-state index contributed by atoms with van der Waals surface area (Å²) < 4.78 is 0. The first-order chi connectivity index (χ1) is 10.0. The second kappa shape index (κ2) is 7.11. The van der Waals surface area contributed by atoms with Crippen molar-refractivity contribution in [2.24, 2.45) is 0 Å². The maximum Gasteiger partial charge on any atom is 0.321 e. The van der Waals surface area contributed by atoms with Gasteiger partial charge in [-0.3, -0.25) is 4.79 Å². The van der Waals surface area contributed by atoms with Gasteiger partial charge in [0.25, 0.3) is 0 Å². The Morgan fingerprint density at radius 2 is 1.62 bits per heavy atom. The van der Waals surface area contributed by atoms with Crippen LogP contribution in [0, 0.1) is 0 Å². The van der Waals surface area contributed by atoms with Crippen LogP contribution in [0.15, 0.2) is 48.5 Å².